The molecule has 2 atom stereocenters. The number of hydrogen-bond donors (Lipinski definition) is 2. The van der Waals surface area contributed by atoms with Crippen LogP contribution in [0.25, 0.3) is 0 Å². The lowest BCUT2D eigenvalue weighted by Gasteiger charge is -2.35. The van der Waals surface area contributed by atoms with Gasteiger partial charge in [-0.05, 0) is 35.6 Å². The number of primary amides is 1. The minimum absolute atomic E-state index is 0.175. The first-order chi connectivity index (χ1) is 9.63. The van der Waals surface area contributed by atoms with Crippen molar-refractivity contribution in [2.75, 3.05) is 0 Å². The number of fused-ring (bicyclic) bond motifs is 7. The molecule has 0 aromatic heterocycles. The van der Waals surface area contributed by atoms with Gasteiger partial charge in [0.15, 0.2) is 0 Å². The zero-order chi connectivity index (χ0) is 13.9. The van der Waals surface area contributed by atoms with Gasteiger partial charge < -0.3 is 5.73 Å². The number of carbonyl (C=O) groups excluding carboxylic acids is 1. The van der Waals surface area contributed by atoms with Crippen LogP contribution in [0.1, 0.15) is 33.9 Å². The third kappa shape index (κ3) is 1.26. The number of amides is 1. The van der Waals surface area contributed by atoms with E-state index in [1.54, 1.807) is 0 Å². The van der Waals surface area contributed by atoms with Crippen LogP contribution in [-0.2, 0) is 16.8 Å². The minimum Gasteiger partial charge on any atom is -0.367 e. The van der Waals surface area contributed by atoms with E-state index in [-0.39, 0.29) is 11.9 Å². The minimum atomic E-state index is -0.860. The third-order valence-electron chi connectivity index (χ3n) is 4.59. The molecular formula is C17H16N2O. The molecule has 1 amide bonds. The van der Waals surface area contributed by atoms with E-state index in [2.05, 4.69) is 29.6 Å². The molecule has 3 nitrogen and oxygen atoms in total. The fraction of sp³-hybridized carbons (Fsp3) is 0.235. The van der Waals surface area contributed by atoms with Gasteiger partial charge in [0.05, 0.1) is 0 Å². The van der Waals surface area contributed by atoms with Gasteiger partial charge >= 0.3 is 0 Å². The van der Waals surface area contributed by atoms with Gasteiger partial charge in [-0.2, -0.15) is 0 Å². The SMILES string of the molecule is Cc1ccc2c(c1)C1(C(N)=O)NC(C2)c2ccccc21. The summed E-state index contributed by atoms with van der Waals surface area (Å²) in [6.45, 7) is 2.04. The smallest absolute Gasteiger partial charge is 0.247 e. The van der Waals surface area contributed by atoms with Crippen LogP contribution in [0.2, 0.25) is 0 Å². The normalized spacial score (nSPS) is 25.9. The lowest BCUT2D eigenvalue weighted by Crippen LogP contribution is -2.53. The quantitative estimate of drug-likeness (QED) is 0.827. The lowest BCUT2D eigenvalue weighted by atomic mass is 9.79. The van der Waals surface area contributed by atoms with Crippen LogP contribution in [0.3, 0.4) is 0 Å². The molecule has 0 aliphatic carbocycles. The highest BCUT2D eigenvalue weighted by atomic mass is 16.1. The standard InChI is InChI=1S/C17H16N2O/c1-10-6-7-11-9-15-12-4-2-3-5-13(12)17(19-15,16(18)20)14(11)8-10/h2-8,15,19H,9H2,1H3,(H2,18,20). The average molecular weight is 264 g/mol. The van der Waals surface area contributed by atoms with Crippen LogP contribution in [0, 0.1) is 6.92 Å². The summed E-state index contributed by atoms with van der Waals surface area (Å²) in [5.41, 5.74) is 10.6. The fourth-order valence-corrected chi connectivity index (χ4v) is 3.72. The molecule has 2 bridgehead atoms. The van der Waals surface area contributed by atoms with E-state index in [1.165, 1.54) is 11.1 Å². The van der Waals surface area contributed by atoms with Crippen molar-refractivity contribution in [3.8, 4) is 0 Å². The van der Waals surface area contributed by atoms with Gasteiger partial charge in [-0.1, -0.05) is 48.0 Å². The number of rotatable bonds is 1. The van der Waals surface area contributed by atoms with Gasteiger partial charge in [-0.25, -0.2) is 0 Å². The van der Waals surface area contributed by atoms with E-state index in [9.17, 15) is 4.79 Å². The predicted octanol–water partition coefficient (Wildman–Crippen LogP) is 1.92. The van der Waals surface area contributed by atoms with E-state index < -0.39 is 5.54 Å². The Morgan fingerprint density at radius 2 is 2.05 bits per heavy atom. The van der Waals surface area contributed by atoms with Gasteiger partial charge in [0.2, 0.25) is 5.91 Å². The van der Waals surface area contributed by atoms with Gasteiger partial charge in [0.25, 0.3) is 0 Å². The van der Waals surface area contributed by atoms with Gasteiger partial charge in [-0.3, -0.25) is 10.1 Å². The zero-order valence-corrected chi connectivity index (χ0v) is 11.3. The molecule has 2 aromatic carbocycles. The molecule has 0 saturated carbocycles. The second-order valence-corrected chi connectivity index (χ2v) is 5.76. The van der Waals surface area contributed by atoms with E-state index in [0.717, 1.165) is 23.1 Å². The van der Waals surface area contributed by atoms with Crippen LogP contribution >= 0.6 is 0 Å². The molecule has 0 saturated heterocycles. The van der Waals surface area contributed by atoms with Crippen LogP contribution in [-0.4, -0.2) is 5.91 Å². The van der Waals surface area contributed by atoms with Crippen LogP contribution in [0.4, 0.5) is 0 Å². The highest BCUT2D eigenvalue weighted by Crippen LogP contribution is 2.48. The van der Waals surface area contributed by atoms with E-state index in [0.29, 0.717) is 0 Å². The van der Waals surface area contributed by atoms with Crippen molar-refractivity contribution in [2.24, 2.45) is 5.73 Å². The molecule has 2 aliphatic heterocycles. The molecule has 2 aromatic rings. The predicted molar refractivity (Wildman–Crippen MR) is 77.2 cm³/mol. The Hall–Kier alpha value is -2.13. The Kier molecular flexibility index (Phi) is 2.16. The number of nitrogens with two attached hydrogens (primary N) is 1. The van der Waals surface area contributed by atoms with Crippen molar-refractivity contribution in [3.63, 3.8) is 0 Å². The highest BCUT2D eigenvalue weighted by Gasteiger charge is 2.52. The first-order valence-electron chi connectivity index (χ1n) is 6.90. The van der Waals surface area contributed by atoms with Crippen molar-refractivity contribution in [1.29, 1.82) is 0 Å². The Morgan fingerprint density at radius 3 is 2.85 bits per heavy atom. The van der Waals surface area contributed by atoms with Gasteiger partial charge in [-0.15, -0.1) is 0 Å². The van der Waals surface area contributed by atoms with Gasteiger partial charge in [0.1, 0.15) is 5.54 Å². The van der Waals surface area contributed by atoms with E-state index >= 15 is 0 Å². The molecule has 100 valence electrons. The molecule has 0 fully saturated rings. The summed E-state index contributed by atoms with van der Waals surface area (Å²) in [4.78, 5) is 12.3. The number of carbonyl (C=O) groups is 1. The molecule has 0 radical (unpaired) electrons. The Balaban J connectivity index is 2.09. The molecule has 4 rings (SSSR count). The van der Waals surface area contributed by atoms with Crippen LogP contribution in [0.15, 0.2) is 42.5 Å². The molecule has 3 heteroatoms. The molecule has 0 spiro atoms. The maximum atomic E-state index is 12.3. The topological polar surface area (TPSA) is 55.1 Å². The van der Waals surface area contributed by atoms with Crippen LogP contribution < -0.4 is 11.1 Å². The number of nitrogens with one attached hydrogen (secondary N) is 1. The first-order valence-corrected chi connectivity index (χ1v) is 6.90. The summed E-state index contributed by atoms with van der Waals surface area (Å²) in [5, 5.41) is 3.48. The molecule has 3 N–H and O–H groups in total. The van der Waals surface area contributed by atoms with Crippen molar-refractivity contribution in [2.45, 2.75) is 24.9 Å². The van der Waals surface area contributed by atoms with Crippen LogP contribution in [0.5, 0.6) is 0 Å². The van der Waals surface area contributed by atoms with Crippen molar-refractivity contribution in [3.05, 3.63) is 70.3 Å². The Morgan fingerprint density at radius 1 is 1.25 bits per heavy atom. The summed E-state index contributed by atoms with van der Waals surface area (Å²) < 4.78 is 0. The van der Waals surface area contributed by atoms with Gasteiger partial charge in [0, 0.05) is 6.04 Å². The molecule has 20 heavy (non-hydrogen) atoms. The summed E-state index contributed by atoms with van der Waals surface area (Å²) >= 11 is 0. The summed E-state index contributed by atoms with van der Waals surface area (Å²) in [5.74, 6) is -0.320. The number of hydrogen-bond acceptors (Lipinski definition) is 2. The summed E-state index contributed by atoms with van der Waals surface area (Å²) in [6.07, 6.45) is 0.904. The van der Waals surface area contributed by atoms with E-state index in [1.807, 2.05) is 25.1 Å². The summed E-state index contributed by atoms with van der Waals surface area (Å²) in [7, 11) is 0. The first kappa shape index (κ1) is 11.7. The second-order valence-electron chi connectivity index (χ2n) is 5.76. The number of benzene rings is 2. The third-order valence-corrected chi connectivity index (χ3v) is 4.59. The van der Waals surface area contributed by atoms with Crippen molar-refractivity contribution >= 4 is 5.91 Å². The largest absolute Gasteiger partial charge is 0.367 e. The molecule has 2 aliphatic rings. The molecule has 2 unspecified atom stereocenters. The monoisotopic (exact) mass is 264 g/mol. The second kappa shape index (κ2) is 3.70. The molecule has 2 heterocycles. The number of aryl methyl sites for hydroxylation is 1. The zero-order valence-electron chi connectivity index (χ0n) is 11.3. The van der Waals surface area contributed by atoms with E-state index in [4.69, 9.17) is 5.73 Å². The highest BCUT2D eigenvalue weighted by molar-refractivity contribution is 5.93. The maximum Gasteiger partial charge on any atom is 0.247 e. The van der Waals surface area contributed by atoms with Crippen molar-refractivity contribution < 1.29 is 4.79 Å². The summed E-state index contributed by atoms with van der Waals surface area (Å²) in [6, 6.07) is 14.6. The average Bonchev–Trinajstić information content (AvgIpc) is 2.72. The maximum absolute atomic E-state index is 12.3. The molecular weight excluding hydrogens is 248 g/mol. The Bertz CT molecular complexity index is 738. The van der Waals surface area contributed by atoms with Crippen molar-refractivity contribution in [1.82, 2.24) is 5.32 Å². The lowest BCUT2D eigenvalue weighted by molar-refractivity contribution is -0.123. The Labute approximate surface area is 117 Å². The fourth-order valence-electron chi connectivity index (χ4n) is 3.72.